The van der Waals surface area contributed by atoms with Crippen molar-refractivity contribution < 1.29 is 19.1 Å². The van der Waals surface area contributed by atoms with Gasteiger partial charge in [-0.25, -0.2) is 4.98 Å². The number of aromatic nitrogens is 3. The predicted octanol–water partition coefficient (Wildman–Crippen LogP) is 6.16. The number of fused-ring (bicyclic) bond motifs is 1. The molecule has 216 valence electrons. The van der Waals surface area contributed by atoms with Gasteiger partial charge in [-0.05, 0) is 61.2 Å². The number of ether oxygens (including phenoxy) is 1. The second-order valence-electron chi connectivity index (χ2n) is 10.4. The Hall–Kier alpha value is -4.40. The number of methoxy groups -OCH3 is 1. The summed E-state index contributed by atoms with van der Waals surface area (Å²) in [4.78, 5) is 47.8. The molecular weight excluding hydrogens is 518 g/mol. The van der Waals surface area contributed by atoms with Crippen molar-refractivity contribution in [3.05, 3.63) is 65.7 Å². The van der Waals surface area contributed by atoms with E-state index >= 15 is 0 Å². The first-order chi connectivity index (χ1) is 19.8. The number of nitrogens with one attached hydrogen (secondary N) is 4. The number of hydrogen-bond donors (Lipinski definition) is 4. The van der Waals surface area contributed by atoms with Crippen LogP contribution in [-0.2, 0) is 20.8 Å². The lowest BCUT2D eigenvalue weighted by Crippen LogP contribution is -2.30. The second-order valence-corrected chi connectivity index (χ2v) is 10.4. The fraction of sp³-hybridized carbons (Fsp3) is 0.375. The van der Waals surface area contributed by atoms with Crippen LogP contribution in [-0.4, -0.2) is 39.7 Å². The molecule has 0 aliphatic carbocycles. The summed E-state index contributed by atoms with van der Waals surface area (Å²) in [6.45, 7) is 5.34. The first-order valence-corrected chi connectivity index (χ1v) is 14.2. The summed E-state index contributed by atoms with van der Waals surface area (Å²) in [5.74, 6) is 1.48. The van der Waals surface area contributed by atoms with Gasteiger partial charge in [-0.3, -0.25) is 14.4 Å². The molecule has 4 aromatic rings. The summed E-state index contributed by atoms with van der Waals surface area (Å²) in [7, 11) is 1.63. The first-order valence-electron chi connectivity index (χ1n) is 14.2. The van der Waals surface area contributed by atoms with E-state index in [9.17, 15) is 14.4 Å². The van der Waals surface area contributed by atoms with E-state index in [1.807, 2.05) is 56.3 Å². The second kappa shape index (κ2) is 13.8. The number of carbonyl (C=O) groups is 3. The maximum absolute atomic E-state index is 13.4. The van der Waals surface area contributed by atoms with Crippen LogP contribution >= 0.6 is 0 Å². The molecule has 1 atom stereocenters. The molecule has 0 aliphatic heterocycles. The minimum Gasteiger partial charge on any atom is -0.497 e. The van der Waals surface area contributed by atoms with Crippen molar-refractivity contribution in [3.63, 3.8) is 0 Å². The Morgan fingerprint density at radius 3 is 2.51 bits per heavy atom. The number of nitrogens with zero attached hydrogens (tertiary/aromatic N) is 1. The highest BCUT2D eigenvalue weighted by Crippen LogP contribution is 2.28. The minimum atomic E-state index is -0.308. The van der Waals surface area contributed by atoms with Gasteiger partial charge in [0, 0.05) is 42.0 Å². The lowest BCUT2D eigenvalue weighted by atomic mass is 10.0. The molecule has 2 aromatic carbocycles. The van der Waals surface area contributed by atoms with E-state index in [0.29, 0.717) is 25.1 Å². The number of aryl methyl sites for hydroxylation is 1. The van der Waals surface area contributed by atoms with Crippen molar-refractivity contribution in [3.8, 4) is 17.0 Å². The lowest BCUT2D eigenvalue weighted by molar-refractivity contribution is -0.121. The van der Waals surface area contributed by atoms with Gasteiger partial charge in [-0.15, -0.1) is 0 Å². The zero-order chi connectivity index (χ0) is 29.4. The van der Waals surface area contributed by atoms with Gasteiger partial charge in [0.05, 0.1) is 31.5 Å². The van der Waals surface area contributed by atoms with Gasteiger partial charge in [0.2, 0.25) is 11.8 Å². The smallest absolute Gasteiger partial charge is 0.225 e. The van der Waals surface area contributed by atoms with Gasteiger partial charge >= 0.3 is 0 Å². The number of carbonyl (C=O) groups excluding carboxylic acids is 3. The number of Topliss-reactive ketones (excluding diaryl/α,β-unsaturated/α-hetero) is 1. The average molecular weight is 558 g/mol. The van der Waals surface area contributed by atoms with E-state index in [4.69, 9.17) is 4.74 Å². The molecule has 4 rings (SSSR count). The van der Waals surface area contributed by atoms with E-state index in [-0.39, 0.29) is 30.1 Å². The molecule has 0 saturated heterocycles. The van der Waals surface area contributed by atoms with E-state index in [1.165, 1.54) is 6.92 Å². The van der Waals surface area contributed by atoms with Gasteiger partial charge in [-0.1, -0.05) is 31.9 Å². The zero-order valence-electron chi connectivity index (χ0n) is 24.2. The van der Waals surface area contributed by atoms with E-state index in [2.05, 4.69) is 25.6 Å². The van der Waals surface area contributed by atoms with Gasteiger partial charge in [0.1, 0.15) is 17.4 Å². The molecule has 0 saturated carbocycles. The molecule has 41 heavy (non-hydrogen) atoms. The zero-order valence-corrected chi connectivity index (χ0v) is 24.2. The van der Waals surface area contributed by atoms with Crippen molar-refractivity contribution in [1.82, 2.24) is 20.3 Å². The Balaban J connectivity index is 1.49. The fourth-order valence-corrected chi connectivity index (χ4v) is 5.02. The minimum absolute atomic E-state index is 0.0967. The molecule has 4 N–H and O–H groups in total. The van der Waals surface area contributed by atoms with Crippen molar-refractivity contribution >= 4 is 34.2 Å². The van der Waals surface area contributed by atoms with Crippen LogP contribution < -0.4 is 15.4 Å². The molecular formula is C32H39N5O4. The molecule has 2 amide bonds. The molecule has 2 aromatic heterocycles. The first kappa shape index (κ1) is 29.6. The number of imidazole rings is 1. The Morgan fingerprint density at radius 2 is 1.80 bits per heavy atom. The summed E-state index contributed by atoms with van der Waals surface area (Å²) in [5, 5.41) is 6.95. The van der Waals surface area contributed by atoms with Crippen LogP contribution in [0.1, 0.15) is 75.5 Å². The van der Waals surface area contributed by atoms with Crippen LogP contribution in [0.25, 0.3) is 22.2 Å². The standard InChI is InChI=1S/C32H39N5O4/c1-5-24(39)9-7-6-8-10-29(32-33-19-30(37-32)22-11-13-23(14-12-22)35-21(3)38)36-31(40)18-26-20(2)34-28-16-15-25(41-4)17-27(26)28/h11-17,19,29,34H,5-10,18H2,1-4H3,(H,33,37)(H,35,38)(H,36,40)/t29-/m0/s1. The predicted molar refractivity (Wildman–Crippen MR) is 161 cm³/mol. The third kappa shape index (κ3) is 7.84. The largest absolute Gasteiger partial charge is 0.497 e. The van der Waals surface area contributed by atoms with Crippen LogP contribution in [0.15, 0.2) is 48.7 Å². The number of aromatic amines is 2. The Bertz CT molecular complexity index is 1500. The van der Waals surface area contributed by atoms with Crippen molar-refractivity contribution in [2.24, 2.45) is 0 Å². The molecule has 9 nitrogen and oxygen atoms in total. The summed E-state index contributed by atoms with van der Waals surface area (Å²) >= 11 is 0. The fourth-order valence-electron chi connectivity index (χ4n) is 5.02. The monoisotopic (exact) mass is 557 g/mol. The van der Waals surface area contributed by atoms with Crippen molar-refractivity contribution in [2.75, 3.05) is 12.4 Å². The maximum Gasteiger partial charge on any atom is 0.225 e. The Labute approximate surface area is 240 Å². The summed E-state index contributed by atoms with van der Waals surface area (Å²) in [5.41, 5.74) is 5.31. The number of unbranched alkanes of at least 4 members (excludes halogenated alkanes) is 2. The number of benzene rings is 2. The lowest BCUT2D eigenvalue weighted by Gasteiger charge is -2.17. The van der Waals surface area contributed by atoms with Crippen LogP contribution in [0.5, 0.6) is 5.75 Å². The molecule has 9 heteroatoms. The van der Waals surface area contributed by atoms with Crippen molar-refractivity contribution in [1.29, 1.82) is 0 Å². The number of ketones is 1. The summed E-state index contributed by atoms with van der Waals surface area (Å²) in [6.07, 6.45) is 6.44. The van der Waals surface area contributed by atoms with Gasteiger partial charge in [-0.2, -0.15) is 0 Å². The quantitative estimate of drug-likeness (QED) is 0.138. The highest BCUT2D eigenvalue weighted by atomic mass is 16.5. The molecule has 0 bridgehead atoms. The van der Waals surface area contributed by atoms with Gasteiger partial charge < -0.3 is 25.3 Å². The normalized spacial score (nSPS) is 11.8. The highest BCUT2D eigenvalue weighted by molar-refractivity contribution is 5.91. The van der Waals surface area contributed by atoms with E-state index in [0.717, 1.165) is 64.1 Å². The molecule has 2 heterocycles. The van der Waals surface area contributed by atoms with Crippen LogP contribution in [0, 0.1) is 6.92 Å². The van der Waals surface area contributed by atoms with Crippen LogP contribution in [0.3, 0.4) is 0 Å². The third-order valence-corrected chi connectivity index (χ3v) is 7.28. The SMILES string of the molecule is CCC(=O)CCCCC[C@H](NC(=O)Cc1c(C)[nH]c2ccc(OC)cc12)c1ncc(-c2ccc(NC(C)=O)cc2)[nH]1. The van der Waals surface area contributed by atoms with E-state index < -0.39 is 0 Å². The van der Waals surface area contributed by atoms with Crippen LogP contribution in [0.2, 0.25) is 0 Å². The van der Waals surface area contributed by atoms with Gasteiger partial charge in [0.25, 0.3) is 0 Å². The molecule has 0 spiro atoms. The summed E-state index contributed by atoms with van der Waals surface area (Å²) < 4.78 is 5.40. The average Bonchev–Trinajstić information content (AvgIpc) is 3.56. The molecule has 0 radical (unpaired) electrons. The van der Waals surface area contributed by atoms with E-state index in [1.54, 1.807) is 13.3 Å². The number of anilines is 1. The molecule has 0 aliphatic rings. The van der Waals surface area contributed by atoms with Gasteiger partial charge in [0.15, 0.2) is 0 Å². The number of hydrogen-bond acceptors (Lipinski definition) is 5. The maximum atomic E-state index is 13.4. The molecule has 0 unspecified atom stereocenters. The van der Waals surface area contributed by atoms with Crippen molar-refractivity contribution in [2.45, 2.75) is 71.8 Å². The Kier molecular flexibility index (Phi) is 9.95. The molecule has 0 fully saturated rings. The Morgan fingerprint density at radius 1 is 1.02 bits per heavy atom. The number of rotatable bonds is 14. The number of H-pyrrole nitrogens is 2. The third-order valence-electron chi connectivity index (χ3n) is 7.28. The highest BCUT2D eigenvalue weighted by Gasteiger charge is 2.20. The topological polar surface area (TPSA) is 129 Å². The van der Waals surface area contributed by atoms with Crippen LogP contribution in [0.4, 0.5) is 5.69 Å². The number of amides is 2. The summed E-state index contributed by atoms with van der Waals surface area (Å²) in [6, 6.07) is 13.0.